The number of furan rings is 1. The zero-order valence-corrected chi connectivity index (χ0v) is 31.3. The number of nitrogens with zero attached hydrogens (tertiary/aromatic N) is 1. The van der Waals surface area contributed by atoms with Crippen LogP contribution in [0.4, 0.5) is 0 Å². The van der Waals surface area contributed by atoms with Gasteiger partial charge in [-0.1, -0.05) is 133 Å². The quantitative estimate of drug-likeness (QED) is 0.177. The van der Waals surface area contributed by atoms with Crippen molar-refractivity contribution in [2.24, 2.45) is 0 Å². The van der Waals surface area contributed by atoms with Crippen molar-refractivity contribution >= 4 is 43.7 Å². The summed E-state index contributed by atoms with van der Waals surface area (Å²) in [6, 6.07) is 70.6. The largest absolute Gasteiger partial charge is 0.507 e. The van der Waals surface area contributed by atoms with Gasteiger partial charge in [0.05, 0.1) is 11.0 Å². The Balaban J connectivity index is 0.975. The van der Waals surface area contributed by atoms with Crippen molar-refractivity contribution in [3.8, 4) is 67.4 Å². The van der Waals surface area contributed by atoms with E-state index < -0.39 is 0 Å². The molecule has 4 heteroatoms. The number of hydrogen-bond donors (Lipinski definition) is 1. The molecule has 0 atom stereocenters. The Morgan fingerprint density at radius 3 is 1.72 bits per heavy atom. The molecule has 2 heterocycles. The number of para-hydroxylation sites is 4. The van der Waals surface area contributed by atoms with E-state index in [2.05, 4.69) is 144 Å². The van der Waals surface area contributed by atoms with E-state index >= 15 is 0 Å². The highest BCUT2D eigenvalue weighted by molar-refractivity contribution is 6.14. The van der Waals surface area contributed by atoms with Crippen molar-refractivity contribution < 1.29 is 14.3 Å². The van der Waals surface area contributed by atoms with Crippen LogP contribution < -0.4 is 4.74 Å². The van der Waals surface area contributed by atoms with Gasteiger partial charge >= 0.3 is 0 Å². The van der Waals surface area contributed by atoms with E-state index in [4.69, 9.17) is 9.15 Å². The van der Waals surface area contributed by atoms with Gasteiger partial charge in [-0.05, 0) is 112 Å². The van der Waals surface area contributed by atoms with Crippen molar-refractivity contribution in [3.63, 3.8) is 0 Å². The van der Waals surface area contributed by atoms with Gasteiger partial charge in [0.2, 0.25) is 0 Å². The number of benzene rings is 9. The number of phenols is 1. The van der Waals surface area contributed by atoms with Gasteiger partial charge in [0, 0.05) is 32.8 Å². The topological polar surface area (TPSA) is 47.5 Å². The third kappa shape index (κ3) is 5.70. The van der Waals surface area contributed by atoms with Crippen molar-refractivity contribution in [1.82, 2.24) is 4.57 Å². The molecule has 0 aliphatic carbocycles. The first-order valence-corrected chi connectivity index (χ1v) is 19.5. The highest BCUT2D eigenvalue weighted by atomic mass is 16.5. The highest BCUT2D eigenvalue weighted by Crippen LogP contribution is 2.43. The van der Waals surface area contributed by atoms with Gasteiger partial charge in [0.25, 0.3) is 0 Å². The lowest BCUT2D eigenvalue weighted by Crippen LogP contribution is -1.94. The Labute approximate surface area is 335 Å². The van der Waals surface area contributed by atoms with Crippen molar-refractivity contribution in [2.45, 2.75) is 0 Å². The summed E-state index contributed by atoms with van der Waals surface area (Å²) in [6.45, 7) is 0. The van der Waals surface area contributed by atoms with Crippen LogP contribution in [-0.4, -0.2) is 9.67 Å². The maximum atomic E-state index is 11.0. The Morgan fingerprint density at radius 1 is 0.379 bits per heavy atom. The lowest BCUT2D eigenvalue weighted by atomic mass is 9.90. The second-order valence-electron chi connectivity index (χ2n) is 14.6. The minimum Gasteiger partial charge on any atom is -0.507 e. The molecule has 0 saturated carbocycles. The molecule has 0 aliphatic heterocycles. The molecule has 0 unspecified atom stereocenters. The summed E-state index contributed by atoms with van der Waals surface area (Å²) >= 11 is 0. The molecule has 0 fully saturated rings. The molecule has 2 aromatic heterocycles. The van der Waals surface area contributed by atoms with Gasteiger partial charge in [-0.25, -0.2) is 0 Å². The van der Waals surface area contributed by atoms with Crippen molar-refractivity contribution in [3.05, 3.63) is 206 Å². The van der Waals surface area contributed by atoms with E-state index in [0.29, 0.717) is 11.5 Å². The smallest absolute Gasteiger partial charge is 0.136 e. The Morgan fingerprint density at radius 2 is 0.966 bits per heavy atom. The monoisotopic (exact) mass is 745 g/mol. The van der Waals surface area contributed by atoms with Crippen LogP contribution in [0.5, 0.6) is 17.2 Å². The second kappa shape index (κ2) is 13.7. The standard InChI is InChI=1S/C54H35NO3/c56-51-24-9-5-16-43(51)38-31-37(42-15-1-2-17-44(42)47-21-12-26-53-54(47)48-20-6-10-25-52(48)58-53)33-41(34-38)57-40-29-27-35(28-30-40)36-13-11-14-39(32-36)55-49-22-7-3-18-45(49)46-19-4-8-23-50(46)55/h1-34,56H. The number of ether oxygens (including phenoxy) is 1. The molecule has 0 amide bonds. The molecule has 0 radical (unpaired) electrons. The predicted molar refractivity (Wildman–Crippen MR) is 238 cm³/mol. The molecule has 0 aliphatic rings. The van der Waals surface area contributed by atoms with Gasteiger partial charge in [0.1, 0.15) is 28.4 Å². The van der Waals surface area contributed by atoms with Crippen LogP contribution in [0.25, 0.3) is 93.9 Å². The van der Waals surface area contributed by atoms with Crippen LogP contribution in [-0.2, 0) is 0 Å². The van der Waals surface area contributed by atoms with E-state index in [1.165, 1.54) is 21.8 Å². The minimum absolute atomic E-state index is 0.209. The molecule has 9 aromatic carbocycles. The van der Waals surface area contributed by atoms with Gasteiger partial charge < -0.3 is 18.8 Å². The van der Waals surface area contributed by atoms with Crippen LogP contribution in [0.2, 0.25) is 0 Å². The molecule has 274 valence electrons. The fourth-order valence-corrected chi connectivity index (χ4v) is 8.53. The number of rotatable bonds is 7. The lowest BCUT2D eigenvalue weighted by Gasteiger charge is -2.16. The number of aromatic hydroxyl groups is 1. The highest BCUT2D eigenvalue weighted by Gasteiger charge is 2.18. The molecule has 11 rings (SSSR count). The maximum absolute atomic E-state index is 11.0. The van der Waals surface area contributed by atoms with Gasteiger partial charge in [-0.15, -0.1) is 0 Å². The van der Waals surface area contributed by atoms with E-state index in [1.807, 2.05) is 60.7 Å². The fourth-order valence-electron chi connectivity index (χ4n) is 8.53. The SMILES string of the molecule is Oc1ccccc1-c1cc(Oc2ccc(-c3cccc(-n4c5ccccc5c5ccccc54)c3)cc2)cc(-c2ccccc2-c2cccc3oc4ccccc4c23)c1. The molecular formula is C54H35NO3. The third-order valence-electron chi connectivity index (χ3n) is 11.2. The fraction of sp³-hybridized carbons (Fsp3) is 0. The van der Waals surface area contributed by atoms with E-state index in [-0.39, 0.29) is 5.75 Å². The summed E-state index contributed by atoms with van der Waals surface area (Å²) < 4.78 is 15.3. The first-order chi connectivity index (χ1) is 28.7. The van der Waals surface area contributed by atoms with E-state index in [1.54, 1.807) is 6.07 Å². The molecule has 0 spiro atoms. The maximum Gasteiger partial charge on any atom is 0.136 e. The van der Waals surface area contributed by atoms with Crippen LogP contribution in [0, 0.1) is 0 Å². The van der Waals surface area contributed by atoms with Crippen molar-refractivity contribution in [2.75, 3.05) is 0 Å². The second-order valence-corrected chi connectivity index (χ2v) is 14.6. The average Bonchev–Trinajstić information content (AvgIpc) is 3.83. The number of phenolic OH excluding ortho intramolecular Hbond substituents is 1. The summed E-state index contributed by atoms with van der Waals surface area (Å²) in [5.74, 6) is 1.59. The van der Waals surface area contributed by atoms with Gasteiger partial charge in [0.15, 0.2) is 0 Å². The molecule has 4 nitrogen and oxygen atoms in total. The summed E-state index contributed by atoms with van der Waals surface area (Å²) in [5, 5.41) is 15.7. The first kappa shape index (κ1) is 33.5. The molecule has 0 bridgehead atoms. The van der Waals surface area contributed by atoms with Gasteiger partial charge in [-0.2, -0.15) is 0 Å². The number of hydrogen-bond acceptors (Lipinski definition) is 3. The Kier molecular flexibility index (Phi) is 7.93. The summed E-state index contributed by atoms with van der Waals surface area (Å²) in [5.41, 5.74) is 13.2. The zero-order chi connectivity index (χ0) is 38.6. The lowest BCUT2D eigenvalue weighted by molar-refractivity contribution is 0.476. The molecule has 11 aromatic rings. The zero-order valence-electron chi connectivity index (χ0n) is 31.3. The summed E-state index contributed by atoms with van der Waals surface area (Å²) in [6.07, 6.45) is 0. The van der Waals surface area contributed by atoms with Gasteiger partial charge in [-0.3, -0.25) is 0 Å². The van der Waals surface area contributed by atoms with E-state index in [9.17, 15) is 5.11 Å². The minimum atomic E-state index is 0.209. The van der Waals surface area contributed by atoms with Crippen LogP contribution in [0.15, 0.2) is 211 Å². The molecule has 0 saturated heterocycles. The third-order valence-corrected chi connectivity index (χ3v) is 11.2. The normalized spacial score (nSPS) is 11.5. The van der Waals surface area contributed by atoms with Crippen LogP contribution >= 0.6 is 0 Å². The predicted octanol–water partition coefficient (Wildman–Crippen LogP) is 14.8. The Hall–Kier alpha value is -7.82. The average molecular weight is 746 g/mol. The number of fused-ring (bicyclic) bond motifs is 6. The molecule has 58 heavy (non-hydrogen) atoms. The summed E-state index contributed by atoms with van der Waals surface area (Å²) in [7, 11) is 0. The van der Waals surface area contributed by atoms with Crippen LogP contribution in [0.3, 0.4) is 0 Å². The first-order valence-electron chi connectivity index (χ1n) is 19.5. The molecular weight excluding hydrogens is 711 g/mol. The Bertz CT molecular complexity index is 3280. The molecule has 1 N–H and O–H groups in total. The van der Waals surface area contributed by atoms with Crippen molar-refractivity contribution in [1.29, 1.82) is 0 Å². The number of aromatic nitrogens is 1. The summed E-state index contributed by atoms with van der Waals surface area (Å²) in [4.78, 5) is 0. The van der Waals surface area contributed by atoms with Crippen LogP contribution in [0.1, 0.15) is 0 Å². The van der Waals surface area contributed by atoms with E-state index in [0.717, 1.165) is 72.1 Å².